The van der Waals surface area contributed by atoms with Gasteiger partial charge in [-0.15, -0.1) is 0 Å². The summed E-state index contributed by atoms with van der Waals surface area (Å²) in [6.45, 7) is 6.03. The second-order valence-corrected chi connectivity index (χ2v) is 6.02. The molecule has 1 aliphatic heterocycles. The van der Waals surface area contributed by atoms with E-state index in [1.54, 1.807) is 18.2 Å². The van der Waals surface area contributed by atoms with Crippen molar-refractivity contribution in [1.82, 2.24) is 10.2 Å². The monoisotopic (exact) mass is 316 g/mol. The lowest BCUT2D eigenvalue weighted by molar-refractivity contribution is -0.125. The van der Waals surface area contributed by atoms with Gasteiger partial charge in [-0.05, 0) is 32.0 Å². The standard InChI is InChI=1S/C14H18Cl2N2O2/c1-9(2)18-6-11(7-18)17-14(19)8-20-13-4-3-10(15)5-12(13)16/h3-5,9,11H,6-8H2,1-2H3,(H,17,19). The van der Waals surface area contributed by atoms with Crippen molar-refractivity contribution >= 4 is 29.1 Å². The van der Waals surface area contributed by atoms with E-state index in [-0.39, 0.29) is 18.6 Å². The molecular formula is C14H18Cl2N2O2. The molecule has 4 nitrogen and oxygen atoms in total. The maximum Gasteiger partial charge on any atom is 0.258 e. The normalized spacial score (nSPS) is 16.1. The van der Waals surface area contributed by atoms with Gasteiger partial charge in [-0.2, -0.15) is 0 Å². The number of hydrogen-bond donors (Lipinski definition) is 1. The molecule has 1 aromatic carbocycles. The molecule has 1 fully saturated rings. The summed E-state index contributed by atoms with van der Waals surface area (Å²) in [4.78, 5) is 14.0. The number of rotatable bonds is 5. The minimum atomic E-state index is -0.135. The molecule has 6 heteroatoms. The molecule has 0 bridgehead atoms. The zero-order valence-corrected chi connectivity index (χ0v) is 13.0. The van der Waals surface area contributed by atoms with Crippen LogP contribution in [0.3, 0.4) is 0 Å². The number of hydrogen-bond acceptors (Lipinski definition) is 3. The maximum atomic E-state index is 11.8. The van der Waals surface area contributed by atoms with Gasteiger partial charge in [0, 0.05) is 24.2 Å². The molecule has 1 N–H and O–H groups in total. The predicted molar refractivity (Wildman–Crippen MR) is 80.6 cm³/mol. The van der Waals surface area contributed by atoms with Crippen LogP contribution in [0.1, 0.15) is 13.8 Å². The van der Waals surface area contributed by atoms with Crippen molar-refractivity contribution in [3.63, 3.8) is 0 Å². The molecule has 0 spiro atoms. The largest absolute Gasteiger partial charge is 0.482 e. The Morgan fingerprint density at radius 1 is 1.45 bits per heavy atom. The van der Waals surface area contributed by atoms with Crippen LogP contribution in [0.5, 0.6) is 5.75 Å². The number of likely N-dealkylation sites (tertiary alicyclic amines) is 1. The average molecular weight is 317 g/mol. The highest BCUT2D eigenvalue weighted by Crippen LogP contribution is 2.27. The van der Waals surface area contributed by atoms with Crippen LogP contribution >= 0.6 is 23.2 Å². The molecule has 0 saturated carbocycles. The molecule has 1 saturated heterocycles. The van der Waals surface area contributed by atoms with Gasteiger partial charge in [0.15, 0.2) is 6.61 Å². The number of carbonyl (C=O) groups excluding carboxylic acids is 1. The van der Waals surface area contributed by atoms with Gasteiger partial charge in [-0.3, -0.25) is 9.69 Å². The van der Waals surface area contributed by atoms with Crippen molar-refractivity contribution < 1.29 is 9.53 Å². The molecule has 1 aliphatic rings. The number of nitrogens with one attached hydrogen (secondary N) is 1. The van der Waals surface area contributed by atoms with Gasteiger partial charge in [-0.25, -0.2) is 0 Å². The first kappa shape index (κ1) is 15.4. The SMILES string of the molecule is CC(C)N1CC(NC(=O)COc2ccc(Cl)cc2Cl)C1. The number of amides is 1. The third kappa shape index (κ3) is 4.01. The Balaban J connectivity index is 1.73. The highest BCUT2D eigenvalue weighted by Gasteiger charge is 2.29. The fourth-order valence-electron chi connectivity index (χ4n) is 2.03. The van der Waals surface area contributed by atoms with E-state index >= 15 is 0 Å². The summed E-state index contributed by atoms with van der Waals surface area (Å²) >= 11 is 11.8. The van der Waals surface area contributed by atoms with E-state index in [0.717, 1.165) is 13.1 Å². The molecule has 0 aliphatic carbocycles. The van der Waals surface area contributed by atoms with Crippen LogP contribution < -0.4 is 10.1 Å². The first-order chi connectivity index (χ1) is 9.45. The highest BCUT2D eigenvalue weighted by atomic mass is 35.5. The van der Waals surface area contributed by atoms with Gasteiger partial charge < -0.3 is 10.1 Å². The Kier molecular flexibility index (Phi) is 5.13. The Morgan fingerprint density at radius 3 is 2.75 bits per heavy atom. The zero-order chi connectivity index (χ0) is 14.7. The van der Waals surface area contributed by atoms with Crippen LogP contribution in [-0.2, 0) is 4.79 Å². The molecular weight excluding hydrogens is 299 g/mol. The van der Waals surface area contributed by atoms with E-state index in [1.165, 1.54) is 0 Å². The minimum absolute atomic E-state index is 0.0421. The quantitative estimate of drug-likeness (QED) is 0.907. The lowest BCUT2D eigenvalue weighted by atomic mass is 10.1. The summed E-state index contributed by atoms with van der Waals surface area (Å²) in [7, 11) is 0. The van der Waals surface area contributed by atoms with Gasteiger partial charge in [-0.1, -0.05) is 23.2 Å². The number of halogens is 2. The van der Waals surface area contributed by atoms with Crippen LogP contribution in [0.4, 0.5) is 0 Å². The van der Waals surface area contributed by atoms with E-state index in [1.807, 2.05) is 0 Å². The van der Waals surface area contributed by atoms with E-state index in [4.69, 9.17) is 27.9 Å². The summed E-state index contributed by atoms with van der Waals surface area (Å²) in [5.41, 5.74) is 0. The second-order valence-electron chi connectivity index (χ2n) is 5.18. The number of ether oxygens (including phenoxy) is 1. The minimum Gasteiger partial charge on any atom is -0.482 e. The molecule has 1 aromatic rings. The molecule has 0 atom stereocenters. The summed E-state index contributed by atoms with van der Waals surface area (Å²) in [6.07, 6.45) is 0. The topological polar surface area (TPSA) is 41.6 Å². The first-order valence-electron chi connectivity index (χ1n) is 6.57. The second kappa shape index (κ2) is 6.66. The molecule has 1 amide bonds. The molecule has 0 aromatic heterocycles. The van der Waals surface area contributed by atoms with Crippen molar-refractivity contribution in [3.05, 3.63) is 28.2 Å². The van der Waals surface area contributed by atoms with Gasteiger partial charge in [0.25, 0.3) is 5.91 Å². The third-order valence-corrected chi connectivity index (χ3v) is 3.79. The van der Waals surface area contributed by atoms with Gasteiger partial charge >= 0.3 is 0 Å². The van der Waals surface area contributed by atoms with Crippen molar-refractivity contribution in [1.29, 1.82) is 0 Å². The molecule has 0 radical (unpaired) electrons. The van der Waals surface area contributed by atoms with Crippen molar-refractivity contribution in [2.75, 3.05) is 19.7 Å². The van der Waals surface area contributed by atoms with Gasteiger partial charge in [0.2, 0.25) is 0 Å². The fourth-order valence-corrected chi connectivity index (χ4v) is 2.49. The zero-order valence-electron chi connectivity index (χ0n) is 11.5. The smallest absolute Gasteiger partial charge is 0.258 e. The van der Waals surface area contributed by atoms with Crippen LogP contribution in [0.15, 0.2) is 18.2 Å². The summed E-state index contributed by atoms with van der Waals surface area (Å²) in [5, 5.41) is 3.87. The first-order valence-corrected chi connectivity index (χ1v) is 7.32. The summed E-state index contributed by atoms with van der Waals surface area (Å²) in [6, 6.07) is 5.65. The van der Waals surface area contributed by atoms with Crippen molar-refractivity contribution in [2.45, 2.75) is 25.9 Å². The summed E-state index contributed by atoms with van der Waals surface area (Å²) in [5.74, 6) is 0.327. The lowest BCUT2D eigenvalue weighted by Crippen LogP contribution is -2.61. The average Bonchev–Trinajstić information content (AvgIpc) is 2.31. The molecule has 2 rings (SSSR count). The third-order valence-electron chi connectivity index (χ3n) is 3.26. The summed E-state index contributed by atoms with van der Waals surface area (Å²) < 4.78 is 5.38. The fraction of sp³-hybridized carbons (Fsp3) is 0.500. The van der Waals surface area contributed by atoms with E-state index in [2.05, 4.69) is 24.1 Å². The highest BCUT2D eigenvalue weighted by molar-refractivity contribution is 6.35. The van der Waals surface area contributed by atoms with E-state index in [9.17, 15) is 4.79 Å². The van der Waals surface area contributed by atoms with Crippen LogP contribution in [0.2, 0.25) is 10.0 Å². The number of nitrogens with zero attached hydrogens (tertiary/aromatic N) is 1. The Labute approximate surface area is 129 Å². The Bertz CT molecular complexity index is 488. The number of benzene rings is 1. The van der Waals surface area contributed by atoms with Gasteiger partial charge in [0.05, 0.1) is 11.1 Å². The van der Waals surface area contributed by atoms with Crippen molar-refractivity contribution in [2.24, 2.45) is 0 Å². The Morgan fingerprint density at radius 2 is 2.15 bits per heavy atom. The molecule has 1 heterocycles. The molecule has 110 valence electrons. The Hall–Kier alpha value is -0.970. The number of carbonyl (C=O) groups is 1. The predicted octanol–water partition coefficient (Wildman–Crippen LogP) is 2.58. The van der Waals surface area contributed by atoms with Gasteiger partial charge in [0.1, 0.15) is 5.75 Å². The van der Waals surface area contributed by atoms with Crippen LogP contribution in [-0.4, -0.2) is 42.6 Å². The van der Waals surface area contributed by atoms with E-state index in [0.29, 0.717) is 21.8 Å². The maximum absolute atomic E-state index is 11.8. The van der Waals surface area contributed by atoms with Crippen LogP contribution in [0.25, 0.3) is 0 Å². The van der Waals surface area contributed by atoms with E-state index < -0.39 is 0 Å². The van der Waals surface area contributed by atoms with Crippen LogP contribution in [0, 0.1) is 0 Å². The lowest BCUT2D eigenvalue weighted by Gasteiger charge is -2.42. The van der Waals surface area contributed by atoms with Crippen molar-refractivity contribution in [3.8, 4) is 5.75 Å². The molecule has 20 heavy (non-hydrogen) atoms. The molecule has 0 unspecified atom stereocenters.